The number of piperazine rings is 1. The zero-order valence-electron chi connectivity index (χ0n) is 17.1. The number of guanidine groups is 1. The lowest BCUT2D eigenvalue weighted by Crippen LogP contribution is -2.50. The molecule has 8 heteroatoms. The summed E-state index contributed by atoms with van der Waals surface area (Å²) in [5.74, 6) is 1.08. The molecule has 0 spiro atoms. The molecule has 1 fully saturated rings. The first kappa shape index (κ1) is 21.9. The monoisotopic (exact) mass is 393 g/mol. The Balaban J connectivity index is 1.73. The van der Waals surface area contributed by atoms with Crippen molar-refractivity contribution >= 4 is 11.9 Å². The summed E-state index contributed by atoms with van der Waals surface area (Å²) in [5.41, 5.74) is 0. The molecule has 7 nitrogen and oxygen atoms in total. The molecule has 1 heterocycles. The Labute approximate surface area is 166 Å². The second kappa shape index (κ2) is 11.5. The fourth-order valence-corrected chi connectivity index (χ4v) is 2.99. The van der Waals surface area contributed by atoms with Crippen LogP contribution in [0.25, 0.3) is 0 Å². The van der Waals surface area contributed by atoms with Crippen molar-refractivity contribution in [3.8, 4) is 5.75 Å². The van der Waals surface area contributed by atoms with E-state index in [2.05, 4.69) is 20.5 Å². The second-order valence-electron chi connectivity index (χ2n) is 6.88. The molecule has 2 rings (SSSR count). The van der Waals surface area contributed by atoms with Crippen LogP contribution < -0.4 is 15.4 Å². The summed E-state index contributed by atoms with van der Waals surface area (Å²) in [6, 6.07) is 6.12. The maximum Gasteiger partial charge on any atom is 0.219 e. The van der Waals surface area contributed by atoms with E-state index >= 15 is 0 Å². The minimum Gasteiger partial charge on any atom is -0.489 e. The van der Waals surface area contributed by atoms with Crippen LogP contribution in [0.1, 0.15) is 20.8 Å². The van der Waals surface area contributed by atoms with Crippen molar-refractivity contribution in [1.29, 1.82) is 0 Å². The van der Waals surface area contributed by atoms with Gasteiger partial charge in [0.25, 0.3) is 0 Å². The van der Waals surface area contributed by atoms with E-state index < -0.39 is 0 Å². The number of benzene rings is 1. The predicted molar refractivity (Wildman–Crippen MR) is 109 cm³/mol. The lowest BCUT2D eigenvalue weighted by molar-refractivity contribution is -0.130. The molecule has 2 N–H and O–H groups in total. The number of carbonyl (C=O) groups excluding carboxylic acids is 1. The Kier molecular flexibility index (Phi) is 9.00. The Morgan fingerprint density at radius 2 is 2.04 bits per heavy atom. The van der Waals surface area contributed by atoms with Crippen LogP contribution in [0.3, 0.4) is 0 Å². The highest BCUT2D eigenvalue weighted by Crippen LogP contribution is 2.13. The standard InChI is InChI=1S/C20H32FN5O2/c1-4-22-20(23-8-9-25-10-12-26(13-11-25)17(3)27)24-15-16(2)28-19-7-5-6-18(21)14-19/h5-7,14,16H,4,8-13,15H2,1-3H3,(H2,22,23,24). The molecule has 1 aromatic carbocycles. The van der Waals surface area contributed by atoms with E-state index in [1.807, 2.05) is 18.7 Å². The topological polar surface area (TPSA) is 69.2 Å². The number of aliphatic imine (C=N–C) groups is 1. The minimum atomic E-state index is -0.313. The van der Waals surface area contributed by atoms with Gasteiger partial charge in [-0.1, -0.05) is 6.07 Å². The highest BCUT2D eigenvalue weighted by Gasteiger charge is 2.17. The number of nitrogens with zero attached hydrogens (tertiary/aromatic N) is 3. The van der Waals surface area contributed by atoms with Gasteiger partial charge in [0.05, 0.1) is 6.54 Å². The van der Waals surface area contributed by atoms with Gasteiger partial charge in [-0.3, -0.25) is 9.69 Å². The summed E-state index contributed by atoms with van der Waals surface area (Å²) >= 11 is 0. The first-order chi connectivity index (χ1) is 13.5. The molecule has 1 aliphatic heterocycles. The third kappa shape index (κ3) is 7.72. The molecular weight excluding hydrogens is 361 g/mol. The summed E-state index contributed by atoms with van der Waals surface area (Å²) in [5, 5.41) is 6.55. The van der Waals surface area contributed by atoms with Crippen LogP contribution in [0.5, 0.6) is 5.75 Å². The van der Waals surface area contributed by atoms with Crippen LogP contribution in [-0.4, -0.2) is 80.1 Å². The highest BCUT2D eigenvalue weighted by molar-refractivity contribution is 5.79. The van der Waals surface area contributed by atoms with Crippen LogP contribution >= 0.6 is 0 Å². The number of rotatable bonds is 8. The molecule has 0 radical (unpaired) electrons. The van der Waals surface area contributed by atoms with E-state index in [9.17, 15) is 9.18 Å². The lowest BCUT2D eigenvalue weighted by Gasteiger charge is -2.34. The van der Waals surface area contributed by atoms with Gasteiger partial charge in [0.15, 0.2) is 5.96 Å². The molecule has 28 heavy (non-hydrogen) atoms. The van der Waals surface area contributed by atoms with Gasteiger partial charge in [0.1, 0.15) is 17.7 Å². The fraction of sp³-hybridized carbons (Fsp3) is 0.600. The van der Waals surface area contributed by atoms with Crippen molar-refractivity contribution < 1.29 is 13.9 Å². The van der Waals surface area contributed by atoms with Gasteiger partial charge in [0, 0.05) is 58.8 Å². The van der Waals surface area contributed by atoms with Crippen LogP contribution in [0, 0.1) is 5.82 Å². The number of halogens is 1. The number of amides is 1. The summed E-state index contributed by atoms with van der Waals surface area (Å²) in [6.07, 6.45) is -0.170. The van der Waals surface area contributed by atoms with Crippen molar-refractivity contribution in [2.24, 2.45) is 4.99 Å². The number of carbonyl (C=O) groups is 1. The second-order valence-corrected chi connectivity index (χ2v) is 6.88. The Hall–Kier alpha value is -2.35. The predicted octanol–water partition coefficient (Wildman–Crippen LogP) is 1.31. The summed E-state index contributed by atoms with van der Waals surface area (Å²) in [4.78, 5) is 20.2. The maximum absolute atomic E-state index is 13.2. The van der Waals surface area contributed by atoms with Gasteiger partial charge < -0.3 is 20.3 Å². The zero-order chi connectivity index (χ0) is 20.4. The average molecular weight is 394 g/mol. The SMILES string of the molecule is CCNC(=NCC(C)Oc1cccc(F)c1)NCCN1CCN(C(C)=O)CC1. The summed E-state index contributed by atoms with van der Waals surface area (Å²) in [6.45, 7) is 11.8. The largest absolute Gasteiger partial charge is 0.489 e. The van der Waals surface area contributed by atoms with Crippen LogP contribution in [0.2, 0.25) is 0 Å². The molecule has 1 aromatic rings. The maximum atomic E-state index is 13.2. The van der Waals surface area contributed by atoms with Gasteiger partial charge in [-0.15, -0.1) is 0 Å². The van der Waals surface area contributed by atoms with Crippen molar-refractivity contribution in [1.82, 2.24) is 20.4 Å². The van der Waals surface area contributed by atoms with Crippen LogP contribution in [-0.2, 0) is 4.79 Å². The van der Waals surface area contributed by atoms with E-state index in [1.54, 1.807) is 19.1 Å². The Bertz CT molecular complexity index is 647. The molecule has 1 atom stereocenters. The fourth-order valence-electron chi connectivity index (χ4n) is 2.99. The van der Waals surface area contributed by atoms with Crippen molar-refractivity contribution in [2.75, 3.05) is 52.4 Å². The van der Waals surface area contributed by atoms with Crippen LogP contribution in [0.4, 0.5) is 4.39 Å². The van der Waals surface area contributed by atoms with Crippen molar-refractivity contribution in [3.05, 3.63) is 30.1 Å². The van der Waals surface area contributed by atoms with Gasteiger partial charge in [-0.2, -0.15) is 0 Å². The van der Waals surface area contributed by atoms with Gasteiger partial charge >= 0.3 is 0 Å². The first-order valence-electron chi connectivity index (χ1n) is 9.90. The van der Waals surface area contributed by atoms with E-state index in [-0.39, 0.29) is 17.8 Å². The van der Waals surface area contributed by atoms with Crippen LogP contribution in [0.15, 0.2) is 29.3 Å². The summed E-state index contributed by atoms with van der Waals surface area (Å²) < 4.78 is 18.9. The van der Waals surface area contributed by atoms with E-state index in [4.69, 9.17) is 4.74 Å². The van der Waals surface area contributed by atoms with E-state index in [0.29, 0.717) is 12.3 Å². The molecular formula is C20H32FN5O2. The first-order valence-corrected chi connectivity index (χ1v) is 9.90. The number of hydrogen-bond acceptors (Lipinski definition) is 4. The minimum absolute atomic E-state index is 0.147. The van der Waals surface area contributed by atoms with Gasteiger partial charge in [0.2, 0.25) is 5.91 Å². The molecule has 0 aromatic heterocycles. The molecule has 1 amide bonds. The van der Waals surface area contributed by atoms with Gasteiger partial charge in [-0.05, 0) is 26.0 Å². The highest BCUT2D eigenvalue weighted by atomic mass is 19.1. The smallest absolute Gasteiger partial charge is 0.219 e. The van der Waals surface area contributed by atoms with E-state index in [0.717, 1.165) is 51.8 Å². The average Bonchev–Trinajstić information content (AvgIpc) is 2.66. The van der Waals surface area contributed by atoms with E-state index in [1.165, 1.54) is 12.1 Å². The summed E-state index contributed by atoms with van der Waals surface area (Å²) in [7, 11) is 0. The Morgan fingerprint density at radius 1 is 1.29 bits per heavy atom. The normalized spacial score (nSPS) is 16.6. The molecule has 0 aliphatic carbocycles. The van der Waals surface area contributed by atoms with Crippen molar-refractivity contribution in [2.45, 2.75) is 26.9 Å². The molecule has 1 saturated heterocycles. The third-order valence-corrected chi connectivity index (χ3v) is 4.52. The number of nitrogens with one attached hydrogen (secondary N) is 2. The quantitative estimate of drug-likeness (QED) is 0.515. The van der Waals surface area contributed by atoms with Gasteiger partial charge in [-0.25, -0.2) is 9.38 Å². The molecule has 1 unspecified atom stereocenters. The molecule has 0 bridgehead atoms. The number of hydrogen-bond donors (Lipinski definition) is 2. The molecule has 1 aliphatic rings. The third-order valence-electron chi connectivity index (χ3n) is 4.52. The molecule has 156 valence electrons. The number of ether oxygens (including phenoxy) is 1. The zero-order valence-corrected chi connectivity index (χ0v) is 17.1. The molecule has 0 saturated carbocycles. The lowest BCUT2D eigenvalue weighted by atomic mass is 10.3. The van der Waals surface area contributed by atoms with Crippen molar-refractivity contribution in [3.63, 3.8) is 0 Å². The Morgan fingerprint density at radius 3 is 2.68 bits per heavy atom.